The fourth-order valence-corrected chi connectivity index (χ4v) is 3.20. The molecule has 0 spiro atoms. The Bertz CT molecular complexity index is 942. The number of anilines is 2. The number of nitrogens with zero attached hydrogens (tertiary/aromatic N) is 5. The average Bonchev–Trinajstić information content (AvgIpc) is 3.40. The van der Waals surface area contributed by atoms with Gasteiger partial charge in [-0.1, -0.05) is 19.0 Å². The van der Waals surface area contributed by atoms with Gasteiger partial charge in [0.25, 0.3) is 0 Å². The summed E-state index contributed by atoms with van der Waals surface area (Å²) in [5.41, 5.74) is 2.82. The van der Waals surface area contributed by atoms with E-state index in [1.165, 1.54) is 12.8 Å². The summed E-state index contributed by atoms with van der Waals surface area (Å²) < 4.78 is 10.1. The van der Waals surface area contributed by atoms with Crippen molar-refractivity contribution >= 4 is 28.3 Å². The van der Waals surface area contributed by atoms with Crippen molar-refractivity contribution in [2.45, 2.75) is 45.4 Å². The first kappa shape index (κ1) is 17.4. The molecule has 1 N–H and O–H groups in total. The molecule has 1 saturated heterocycles. The van der Waals surface area contributed by atoms with Crippen molar-refractivity contribution in [3.8, 4) is 0 Å². The Kier molecular flexibility index (Phi) is 4.74. The normalized spacial score (nSPS) is 14.4. The molecule has 0 saturated carbocycles. The highest BCUT2D eigenvalue weighted by Gasteiger charge is 2.20. The zero-order valence-corrected chi connectivity index (χ0v) is 15.4. The molecule has 0 atom stereocenters. The molecule has 1 amide bonds. The van der Waals surface area contributed by atoms with Gasteiger partial charge in [-0.15, -0.1) is 0 Å². The minimum atomic E-state index is -0.155. The molecule has 27 heavy (non-hydrogen) atoms. The monoisotopic (exact) mass is 370 g/mol. The molecule has 4 rings (SSSR count). The zero-order chi connectivity index (χ0) is 18.8. The van der Waals surface area contributed by atoms with Gasteiger partial charge < -0.3 is 14.7 Å². The fraction of sp³-hybridized carbons (Fsp3) is 0.500. The molecule has 0 radical (unpaired) electrons. The number of amides is 1. The lowest BCUT2D eigenvalue weighted by atomic mass is 10.2. The van der Waals surface area contributed by atoms with Crippen LogP contribution in [0.15, 0.2) is 21.3 Å². The van der Waals surface area contributed by atoms with Crippen molar-refractivity contribution in [1.29, 1.82) is 0 Å². The topological polar surface area (TPSA) is 110 Å². The van der Waals surface area contributed by atoms with Gasteiger partial charge in [-0.25, -0.2) is 4.63 Å². The lowest BCUT2D eigenvalue weighted by molar-refractivity contribution is -0.116. The summed E-state index contributed by atoms with van der Waals surface area (Å²) in [6.45, 7) is 5.97. The van der Waals surface area contributed by atoms with Crippen molar-refractivity contribution in [3.05, 3.63) is 23.8 Å². The number of fused-ring (bicyclic) bond motifs is 1. The van der Waals surface area contributed by atoms with Crippen LogP contribution in [0, 0.1) is 0 Å². The summed E-state index contributed by atoms with van der Waals surface area (Å²) >= 11 is 0. The smallest absolute Gasteiger partial charge is 0.227 e. The van der Waals surface area contributed by atoms with E-state index in [-0.39, 0.29) is 18.2 Å². The van der Waals surface area contributed by atoms with Crippen LogP contribution < -0.4 is 10.2 Å². The van der Waals surface area contributed by atoms with Gasteiger partial charge in [0, 0.05) is 31.8 Å². The molecule has 0 unspecified atom stereocenters. The van der Waals surface area contributed by atoms with Crippen LogP contribution in [0.1, 0.15) is 50.7 Å². The Hall–Kier alpha value is -2.97. The molecule has 9 nitrogen and oxygen atoms in total. The minimum absolute atomic E-state index is 0.155. The maximum absolute atomic E-state index is 12.3. The maximum Gasteiger partial charge on any atom is 0.227 e. The van der Waals surface area contributed by atoms with E-state index in [0.29, 0.717) is 34.9 Å². The molecule has 3 aromatic rings. The van der Waals surface area contributed by atoms with Crippen molar-refractivity contribution in [2.75, 3.05) is 23.3 Å². The van der Waals surface area contributed by atoms with Crippen LogP contribution in [0.4, 0.5) is 11.4 Å². The molecule has 1 aliphatic heterocycles. The Balaban J connectivity index is 1.44. The van der Waals surface area contributed by atoms with Crippen LogP contribution in [0.2, 0.25) is 0 Å². The van der Waals surface area contributed by atoms with Crippen LogP contribution in [-0.2, 0) is 11.2 Å². The maximum atomic E-state index is 12.3. The standard InChI is InChI=1S/C18H22N6O3/c1-11(2)18-20-15(26-23-18)8-7-14(25)19-12-5-6-13(24-9-3-4-10-24)17-16(12)21-27-22-17/h5-6,11H,3-4,7-10H2,1-2H3,(H,19,25). The van der Waals surface area contributed by atoms with E-state index in [1.54, 1.807) is 0 Å². The van der Waals surface area contributed by atoms with Gasteiger partial charge in [0.1, 0.15) is 0 Å². The van der Waals surface area contributed by atoms with Gasteiger partial charge in [0.15, 0.2) is 16.9 Å². The lowest BCUT2D eigenvalue weighted by Crippen LogP contribution is -2.18. The molecule has 0 aliphatic carbocycles. The number of hydrogen-bond acceptors (Lipinski definition) is 8. The van der Waals surface area contributed by atoms with Gasteiger partial charge in [0.05, 0.1) is 11.4 Å². The lowest BCUT2D eigenvalue weighted by Gasteiger charge is -2.18. The number of rotatable bonds is 6. The second-order valence-electron chi connectivity index (χ2n) is 7.04. The van der Waals surface area contributed by atoms with E-state index in [1.807, 2.05) is 26.0 Å². The first-order valence-electron chi connectivity index (χ1n) is 9.24. The van der Waals surface area contributed by atoms with E-state index in [2.05, 4.69) is 30.7 Å². The third-order valence-electron chi connectivity index (χ3n) is 4.68. The summed E-state index contributed by atoms with van der Waals surface area (Å²) in [5, 5.41) is 14.8. The molecule has 1 fully saturated rings. The highest BCUT2D eigenvalue weighted by Crippen LogP contribution is 2.31. The summed E-state index contributed by atoms with van der Waals surface area (Å²) in [4.78, 5) is 18.9. The molecular weight excluding hydrogens is 348 g/mol. The summed E-state index contributed by atoms with van der Waals surface area (Å²) in [5.74, 6) is 1.15. The van der Waals surface area contributed by atoms with Crippen molar-refractivity contribution < 1.29 is 13.9 Å². The second-order valence-corrected chi connectivity index (χ2v) is 7.04. The SMILES string of the molecule is CC(C)c1noc(CCC(=O)Nc2ccc(N3CCCC3)c3nonc23)n1. The third kappa shape index (κ3) is 3.62. The zero-order valence-electron chi connectivity index (χ0n) is 15.4. The van der Waals surface area contributed by atoms with Gasteiger partial charge in [-0.3, -0.25) is 4.79 Å². The van der Waals surface area contributed by atoms with Crippen molar-refractivity contribution in [2.24, 2.45) is 0 Å². The van der Waals surface area contributed by atoms with Gasteiger partial charge in [-0.2, -0.15) is 4.98 Å². The summed E-state index contributed by atoms with van der Waals surface area (Å²) in [6.07, 6.45) is 2.96. The predicted molar refractivity (Wildman–Crippen MR) is 98.6 cm³/mol. The van der Waals surface area contributed by atoms with Crippen LogP contribution in [0.5, 0.6) is 0 Å². The number of aryl methyl sites for hydroxylation is 1. The summed E-state index contributed by atoms with van der Waals surface area (Å²) in [7, 11) is 0. The number of aromatic nitrogens is 4. The fourth-order valence-electron chi connectivity index (χ4n) is 3.20. The van der Waals surface area contributed by atoms with E-state index in [4.69, 9.17) is 9.15 Å². The van der Waals surface area contributed by atoms with Gasteiger partial charge in [-0.05, 0) is 35.3 Å². The first-order valence-corrected chi connectivity index (χ1v) is 9.24. The Morgan fingerprint density at radius 3 is 2.70 bits per heavy atom. The van der Waals surface area contributed by atoms with Crippen LogP contribution in [0.25, 0.3) is 11.0 Å². The Labute approximate surface area is 156 Å². The quantitative estimate of drug-likeness (QED) is 0.705. The molecule has 0 bridgehead atoms. The van der Waals surface area contributed by atoms with E-state index in [0.717, 1.165) is 18.8 Å². The van der Waals surface area contributed by atoms with Crippen LogP contribution >= 0.6 is 0 Å². The molecule has 142 valence electrons. The molecular formula is C18H22N6O3. The molecule has 1 aromatic carbocycles. The van der Waals surface area contributed by atoms with E-state index >= 15 is 0 Å². The van der Waals surface area contributed by atoms with E-state index < -0.39 is 0 Å². The molecule has 2 aromatic heterocycles. The predicted octanol–water partition coefficient (Wildman–Crippen LogP) is 2.90. The highest BCUT2D eigenvalue weighted by molar-refractivity contribution is 6.02. The largest absolute Gasteiger partial charge is 0.370 e. The summed E-state index contributed by atoms with van der Waals surface area (Å²) in [6, 6.07) is 3.81. The van der Waals surface area contributed by atoms with Crippen molar-refractivity contribution in [1.82, 2.24) is 20.5 Å². The van der Waals surface area contributed by atoms with Gasteiger partial charge in [0.2, 0.25) is 11.8 Å². The molecule has 1 aliphatic rings. The highest BCUT2D eigenvalue weighted by atomic mass is 16.6. The molecule has 9 heteroatoms. The average molecular weight is 370 g/mol. The third-order valence-corrected chi connectivity index (χ3v) is 4.68. The first-order chi connectivity index (χ1) is 13.1. The number of carbonyl (C=O) groups excluding carboxylic acids is 1. The van der Waals surface area contributed by atoms with Gasteiger partial charge >= 0.3 is 0 Å². The molecule has 3 heterocycles. The number of hydrogen-bond donors (Lipinski definition) is 1. The number of benzene rings is 1. The number of nitrogens with one attached hydrogen (secondary N) is 1. The second kappa shape index (κ2) is 7.34. The Morgan fingerprint density at radius 2 is 1.96 bits per heavy atom. The van der Waals surface area contributed by atoms with Crippen LogP contribution in [0.3, 0.4) is 0 Å². The van der Waals surface area contributed by atoms with E-state index in [9.17, 15) is 4.79 Å². The Morgan fingerprint density at radius 1 is 1.19 bits per heavy atom. The van der Waals surface area contributed by atoms with Crippen LogP contribution in [-0.4, -0.2) is 39.5 Å². The van der Waals surface area contributed by atoms with Crippen molar-refractivity contribution in [3.63, 3.8) is 0 Å². The number of carbonyl (C=O) groups is 1. The minimum Gasteiger partial charge on any atom is -0.370 e.